The lowest BCUT2D eigenvalue weighted by Gasteiger charge is -2.41. The maximum Gasteiger partial charge on any atom is 0.411 e. The van der Waals surface area contributed by atoms with Crippen LogP contribution in [0, 0.1) is 0 Å². The zero-order valence-electron chi connectivity index (χ0n) is 26.4. The zero-order valence-corrected chi connectivity index (χ0v) is 26.4. The van der Waals surface area contributed by atoms with Crippen LogP contribution in [0.25, 0.3) is 22.0 Å². The zero-order chi connectivity index (χ0) is 32.4. The Morgan fingerprint density at radius 2 is 1.50 bits per heavy atom. The minimum Gasteiger partial charge on any atom is -0.469 e. The van der Waals surface area contributed by atoms with Gasteiger partial charge in [-0.3, -0.25) is 14.5 Å². The lowest BCUT2D eigenvalue weighted by molar-refractivity contribution is -0.139. The molecule has 0 radical (unpaired) electrons. The largest absolute Gasteiger partial charge is 0.469 e. The van der Waals surface area contributed by atoms with E-state index in [0.717, 1.165) is 44.4 Å². The maximum atomic E-state index is 14.2. The van der Waals surface area contributed by atoms with Gasteiger partial charge in [-0.2, -0.15) is 0 Å². The summed E-state index contributed by atoms with van der Waals surface area (Å²) in [6.45, 7) is 5.45. The Morgan fingerprint density at radius 3 is 2.17 bits per heavy atom. The summed E-state index contributed by atoms with van der Waals surface area (Å²) in [5, 5.41) is 4.02. The predicted molar refractivity (Wildman–Crippen MR) is 178 cm³/mol. The van der Waals surface area contributed by atoms with Gasteiger partial charge in [0.1, 0.15) is 17.7 Å². The number of amides is 2. The third-order valence-electron chi connectivity index (χ3n) is 8.17. The number of benzene rings is 4. The molecule has 1 aliphatic heterocycles. The summed E-state index contributed by atoms with van der Waals surface area (Å²) in [7, 11) is 1.35. The fourth-order valence-electron chi connectivity index (χ4n) is 6.04. The fourth-order valence-corrected chi connectivity index (χ4v) is 6.04. The highest BCUT2D eigenvalue weighted by atomic mass is 16.6. The number of para-hydroxylation sites is 1. The van der Waals surface area contributed by atoms with E-state index in [9.17, 15) is 14.4 Å². The van der Waals surface area contributed by atoms with Gasteiger partial charge in [-0.05, 0) is 66.8 Å². The summed E-state index contributed by atoms with van der Waals surface area (Å²) in [6.07, 6.45) is -0.153. The highest BCUT2D eigenvalue weighted by Gasteiger charge is 2.45. The second-order valence-electron chi connectivity index (χ2n) is 12.5. The van der Waals surface area contributed by atoms with Crippen molar-refractivity contribution in [1.29, 1.82) is 0 Å². The van der Waals surface area contributed by atoms with Crippen LogP contribution >= 0.6 is 0 Å². The van der Waals surface area contributed by atoms with Crippen LogP contribution in [0.2, 0.25) is 0 Å². The number of methoxy groups -OCH3 is 1. The molecule has 0 bridgehead atoms. The average molecular weight is 616 g/mol. The number of aromatic nitrogens is 1. The molecule has 0 saturated heterocycles. The minimum atomic E-state index is -0.880. The van der Waals surface area contributed by atoms with Gasteiger partial charge in [0.15, 0.2) is 0 Å². The first-order valence-electron chi connectivity index (χ1n) is 15.3. The SMILES string of the molecule is COC(=O)Cc1ccc(NC(=O)[C@H]2Cc3c([nH]c4ccccc34)[C@H](c3ccc(-c4ccccc4)cc3)N2C(=O)OC(C)(C)C)cc1. The van der Waals surface area contributed by atoms with E-state index in [1.165, 1.54) is 7.11 Å². The summed E-state index contributed by atoms with van der Waals surface area (Å²) in [6, 6.07) is 31.7. The lowest BCUT2D eigenvalue weighted by atomic mass is 9.87. The Morgan fingerprint density at radius 1 is 0.848 bits per heavy atom. The van der Waals surface area contributed by atoms with Crippen LogP contribution in [0.3, 0.4) is 0 Å². The number of esters is 1. The number of hydrogen-bond acceptors (Lipinski definition) is 5. The molecule has 0 unspecified atom stereocenters. The van der Waals surface area contributed by atoms with E-state index in [-0.39, 0.29) is 18.3 Å². The second kappa shape index (κ2) is 12.6. The second-order valence-corrected chi connectivity index (χ2v) is 12.5. The number of ether oxygens (including phenoxy) is 2. The monoisotopic (exact) mass is 615 g/mol. The molecule has 46 heavy (non-hydrogen) atoms. The molecule has 8 nitrogen and oxygen atoms in total. The van der Waals surface area contributed by atoms with Crippen molar-refractivity contribution in [3.8, 4) is 11.1 Å². The number of anilines is 1. The van der Waals surface area contributed by atoms with Gasteiger partial charge in [-0.25, -0.2) is 4.79 Å². The van der Waals surface area contributed by atoms with Crippen LogP contribution in [0.5, 0.6) is 0 Å². The molecule has 8 heteroatoms. The van der Waals surface area contributed by atoms with Crippen LogP contribution < -0.4 is 5.32 Å². The van der Waals surface area contributed by atoms with Crippen LogP contribution in [0.15, 0.2) is 103 Å². The number of nitrogens with zero attached hydrogens (tertiary/aromatic N) is 1. The lowest BCUT2D eigenvalue weighted by Crippen LogP contribution is -2.54. The molecule has 2 atom stereocenters. The standard InChI is InChI=1S/C38H37N3O5/c1-38(2,3)46-37(44)41-32(36(43)39-28-20-14-24(15-21-28)22-33(42)45-4)23-30-29-12-8-9-13-31(29)40-34(30)35(41)27-18-16-26(17-19-27)25-10-6-5-7-11-25/h5-21,32,35,40H,22-23H2,1-4H3,(H,39,43)/t32-,35+/m1/s1. The summed E-state index contributed by atoms with van der Waals surface area (Å²) >= 11 is 0. The van der Waals surface area contributed by atoms with Crippen molar-refractivity contribution in [2.45, 2.75) is 51.3 Å². The molecule has 6 rings (SSSR count). The van der Waals surface area contributed by atoms with Crippen molar-refractivity contribution in [3.05, 3.63) is 126 Å². The summed E-state index contributed by atoms with van der Waals surface area (Å²) in [4.78, 5) is 45.2. The van der Waals surface area contributed by atoms with Gasteiger partial charge in [0, 0.05) is 28.7 Å². The van der Waals surface area contributed by atoms with E-state index < -0.39 is 23.8 Å². The van der Waals surface area contributed by atoms with Crippen molar-refractivity contribution >= 4 is 34.6 Å². The third-order valence-corrected chi connectivity index (χ3v) is 8.17. The number of fused-ring (bicyclic) bond motifs is 3. The molecule has 1 aliphatic rings. The number of carbonyl (C=O) groups is 3. The van der Waals surface area contributed by atoms with Gasteiger partial charge in [-0.1, -0.05) is 84.9 Å². The molecule has 5 aromatic rings. The summed E-state index contributed by atoms with van der Waals surface area (Å²) < 4.78 is 10.7. The van der Waals surface area contributed by atoms with E-state index in [4.69, 9.17) is 9.47 Å². The van der Waals surface area contributed by atoms with Crippen LogP contribution in [0.4, 0.5) is 10.5 Å². The van der Waals surface area contributed by atoms with E-state index in [1.54, 1.807) is 29.2 Å². The first kappa shape index (κ1) is 30.6. The van der Waals surface area contributed by atoms with E-state index in [1.807, 2.05) is 87.5 Å². The third kappa shape index (κ3) is 6.38. The van der Waals surface area contributed by atoms with Gasteiger partial charge in [0.05, 0.1) is 13.5 Å². The van der Waals surface area contributed by atoms with Gasteiger partial charge >= 0.3 is 12.1 Å². The average Bonchev–Trinajstić information content (AvgIpc) is 3.43. The van der Waals surface area contributed by atoms with Gasteiger partial charge in [-0.15, -0.1) is 0 Å². The maximum absolute atomic E-state index is 14.2. The molecule has 2 amide bonds. The quantitative estimate of drug-likeness (QED) is 0.193. The Bertz CT molecular complexity index is 1870. The summed E-state index contributed by atoms with van der Waals surface area (Å²) in [5.74, 6) is -0.683. The molecule has 4 aromatic carbocycles. The van der Waals surface area contributed by atoms with Gasteiger partial charge in [0.2, 0.25) is 5.91 Å². The number of H-pyrrole nitrogens is 1. The molecule has 234 valence electrons. The normalized spacial score (nSPS) is 16.0. The Labute approximate surface area is 268 Å². The molecule has 1 aromatic heterocycles. The molecule has 2 heterocycles. The predicted octanol–water partition coefficient (Wildman–Crippen LogP) is 7.44. The van der Waals surface area contributed by atoms with Crippen molar-refractivity contribution in [1.82, 2.24) is 9.88 Å². The van der Waals surface area contributed by atoms with E-state index in [0.29, 0.717) is 12.1 Å². The smallest absolute Gasteiger partial charge is 0.411 e. The minimum absolute atomic E-state index is 0.133. The number of carbonyl (C=O) groups excluding carboxylic acids is 3. The Hall–Kier alpha value is -5.37. The first-order chi connectivity index (χ1) is 22.1. The van der Waals surface area contributed by atoms with Crippen molar-refractivity contribution < 1.29 is 23.9 Å². The molecule has 0 spiro atoms. The molecule has 0 saturated carbocycles. The van der Waals surface area contributed by atoms with Gasteiger partial charge in [0.25, 0.3) is 0 Å². The first-order valence-corrected chi connectivity index (χ1v) is 15.3. The van der Waals surface area contributed by atoms with Crippen LogP contribution in [-0.2, 0) is 31.9 Å². The highest BCUT2D eigenvalue weighted by Crippen LogP contribution is 2.42. The number of aromatic amines is 1. The topological polar surface area (TPSA) is 101 Å². The molecular formula is C38H37N3O5. The van der Waals surface area contributed by atoms with E-state index >= 15 is 0 Å². The van der Waals surface area contributed by atoms with Crippen LogP contribution in [0.1, 0.15) is 49.2 Å². The number of rotatable bonds is 6. The van der Waals surface area contributed by atoms with Crippen molar-refractivity contribution in [2.75, 3.05) is 12.4 Å². The Kier molecular flexibility index (Phi) is 8.37. The number of nitrogens with one attached hydrogen (secondary N) is 2. The Balaban J connectivity index is 1.42. The van der Waals surface area contributed by atoms with Gasteiger partial charge < -0.3 is 19.8 Å². The van der Waals surface area contributed by atoms with Crippen molar-refractivity contribution in [2.24, 2.45) is 0 Å². The molecule has 0 aliphatic carbocycles. The molecule has 2 N–H and O–H groups in total. The van der Waals surface area contributed by atoms with Crippen molar-refractivity contribution in [3.63, 3.8) is 0 Å². The molecular weight excluding hydrogens is 578 g/mol. The number of hydrogen-bond donors (Lipinski definition) is 2. The fraction of sp³-hybridized carbons (Fsp3) is 0.237. The molecule has 0 fully saturated rings. The van der Waals surface area contributed by atoms with E-state index in [2.05, 4.69) is 22.4 Å². The highest BCUT2D eigenvalue weighted by molar-refractivity contribution is 5.98. The van der Waals surface area contributed by atoms with Crippen LogP contribution in [-0.4, -0.2) is 46.6 Å². The summed E-state index contributed by atoms with van der Waals surface area (Å²) in [5.41, 5.74) is 6.30.